The van der Waals surface area contributed by atoms with Crippen LogP contribution in [0.5, 0.6) is 11.5 Å². The predicted octanol–water partition coefficient (Wildman–Crippen LogP) is 5.99. The number of hydrogen-bond donors (Lipinski definition) is 0. The molecule has 0 aliphatic rings. The molecule has 0 bridgehead atoms. The Kier molecular flexibility index (Phi) is 7.01. The molecule has 0 radical (unpaired) electrons. The number of aromatic nitrogens is 1. The van der Waals surface area contributed by atoms with E-state index < -0.39 is 0 Å². The molecule has 4 rings (SSSR count). The average molecular weight is 557 g/mol. The van der Waals surface area contributed by atoms with Crippen molar-refractivity contribution >= 4 is 61.4 Å². The molecular formula is C24H20IN3O3S. The van der Waals surface area contributed by atoms with Gasteiger partial charge in [0.05, 0.1) is 35.7 Å². The Bertz CT molecular complexity index is 1270. The summed E-state index contributed by atoms with van der Waals surface area (Å²) in [6, 6.07) is 20.6. The van der Waals surface area contributed by atoms with E-state index in [1.165, 1.54) is 16.3 Å². The summed E-state index contributed by atoms with van der Waals surface area (Å²) in [5, 5.41) is 6.36. The van der Waals surface area contributed by atoms with E-state index in [0.717, 1.165) is 30.8 Å². The number of methoxy groups -OCH3 is 1. The fraction of sp³-hybridized carbons (Fsp3) is 0.125. The van der Waals surface area contributed by atoms with Crippen molar-refractivity contribution in [3.05, 3.63) is 81.4 Å². The van der Waals surface area contributed by atoms with Gasteiger partial charge >= 0.3 is 0 Å². The number of hydrazone groups is 1. The Morgan fingerprint density at radius 3 is 2.59 bits per heavy atom. The van der Waals surface area contributed by atoms with Gasteiger partial charge < -0.3 is 9.47 Å². The summed E-state index contributed by atoms with van der Waals surface area (Å²) < 4.78 is 12.6. The molecular weight excluding hydrogens is 537 g/mol. The van der Waals surface area contributed by atoms with Crippen LogP contribution in [0.3, 0.4) is 0 Å². The van der Waals surface area contributed by atoms with Gasteiger partial charge in [0.1, 0.15) is 11.5 Å². The molecule has 0 atom stereocenters. The van der Waals surface area contributed by atoms with E-state index in [0.29, 0.717) is 17.3 Å². The van der Waals surface area contributed by atoms with E-state index in [2.05, 4.69) is 32.7 Å². The van der Waals surface area contributed by atoms with Crippen LogP contribution in [-0.4, -0.2) is 30.8 Å². The minimum atomic E-state index is -0.247. The van der Waals surface area contributed by atoms with Crippen molar-refractivity contribution in [1.82, 2.24) is 4.98 Å². The molecule has 0 aliphatic heterocycles. The summed E-state index contributed by atoms with van der Waals surface area (Å²) in [6.07, 6.45) is 1.65. The maximum Gasteiger partial charge on any atom is 0.281 e. The number of hydrogen-bond acceptors (Lipinski definition) is 6. The standard InChI is InChI=1S/C24H20IN3O3S/c1-3-31-17-10-8-16(9-11-17)15-26-28(23(29)19-6-4-5-7-20(19)25)24-27-21-13-12-18(30-2)14-22(21)32-24/h4-15H,3H2,1-2H3/b26-15+. The van der Waals surface area contributed by atoms with Gasteiger partial charge in [-0.3, -0.25) is 4.79 Å². The number of benzene rings is 3. The Balaban J connectivity index is 1.72. The first-order valence-electron chi connectivity index (χ1n) is 9.89. The van der Waals surface area contributed by atoms with Crippen LogP contribution >= 0.6 is 33.9 Å². The number of fused-ring (bicyclic) bond motifs is 1. The normalized spacial score (nSPS) is 11.1. The fourth-order valence-corrected chi connectivity index (χ4v) is 4.56. The molecule has 0 fully saturated rings. The van der Waals surface area contributed by atoms with Crippen molar-refractivity contribution in [2.75, 3.05) is 18.7 Å². The zero-order valence-corrected chi connectivity index (χ0v) is 20.5. The van der Waals surface area contributed by atoms with Gasteiger partial charge in [0.25, 0.3) is 5.91 Å². The highest BCUT2D eigenvalue weighted by Crippen LogP contribution is 2.32. The van der Waals surface area contributed by atoms with Crippen molar-refractivity contribution < 1.29 is 14.3 Å². The number of rotatable bonds is 7. The van der Waals surface area contributed by atoms with Crippen LogP contribution in [-0.2, 0) is 0 Å². The third-order valence-electron chi connectivity index (χ3n) is 4.58. The molecule has 0 unspecified atom stereocenters. The third kappa shape index (κ3) is 4.91. The zero-order chi connectivity index (χ0) is 22.5. The molecule has 0 aliphatic carbocycles. The van der Waals surface area contributed by atoms with Crippen molar-refractivity contribution in [1.29, 1.82) is 0 Å². The van der Waals surface area contributed by atoms with Crippen molar-refractivity contribution in [2.24, 2.45) is 5.10 Å². The Hall–Kier alpha value is -2.98. The zero-order valence-electron chi connectivity index (χ0n) is 17.5. The number of thiazole rings is 1. The monoisotopic (exact) mass is 557 g/mol. The summed E-state index contributed by atoms with van der Waals surface area (Å²) in [5.74, 6) is 1.28. The van der Waals surface area contributed by atoms with E-state index in [4.69, 9.17) is 9.47 Å². The highest BCUT2D eigenvalue weighted by molar-refractivity contribution is 14.1. The molecule has 32 heavy (non-hydrogen) atoms. The third-order valence-corrected chi connectivity index (χ3v) is 6.51. The first-order valence-corrected chi connectivity index (χ1v) is 11.8. The van der Waals surface area contributed by atoms with Crippen molar-refractivity contribution in [3.63, 3.8) is 0 Å². The summed E-state index contributed by atoms with van der Waals surface area (Å²) in [4.78, 5) is 18.1. The lowest BCUT2D eigenvalue weighted by Crippen LogP contribution is -2.26. The van der Waals surface area contributed by atoms with Gasteiger partial charge in [-0.25, -0.2) is 4.98 Å². The van der Waals surface area contributed by atoms with Gasteiger partial charge in [0, 0.05) is 3.57 Å². The highest BCUT2D eigenvalue weighted by atomic mass is 127. The van der Waals surface area contributed by atoms with E-state index in [-0.39, 0.29) is 5.91 Å². The van der Waals surface area contributed by atoms with Crippen LogP contribution in [0.1, 0.15) is 22.8 Å². The number of carbonyl (C=O) groups is 1. The van der Waals surface area contributed by atoms with Gasteiger partial charge in [0.2, 0.25) is 5.13 Å². The second-order valence-electron chi connectivity index (χ2n) is 6.67. The first-order chi connectivity index (χ1) is 15.6. The van der Waals surface area contributed by atoms with Crippen LogP contribution in [0.2, 0.25) is 0 Å². The predicted molar refractivity (Wildman–Crippen MR) is 137 cm³/mol. The topological polar surface area (TPSA) is 64.0 Å². The van der Waals surface area contributed by atoms with Crippen LogP contribution in [0.25, 0.3) is 10.2 Å². The van der Waals surface area contributed by atoms with Crippen molar-refractivity contribution in [2.45, 2.75) is 6.92 Å². The van der Waals surface area contributed by atoms with Crippen LogP contribution in [0.4, 0.5) is 5.13 Å². The average Bonchev–Trinajstić information content (AvgIpc) is 3.23. The Morgan fingerprint density at radius 1 is 1.12 bits per heavy atom. The minimum absolute atomic E-state index is 0.247. The highest BCUT2D eigenvalue weighted by Gasteiger charge is 2.22. The van der Waals surface area contributed by atoms with Gasteiger partial charge in [-0.2, -0.15) is 10.1 Å². The van der Waals surface area contributed by atoms with Gasteiger partial charge in [-0.05, 0) is 89.7 Å². The smallest absolute Gasteiger partial charge is 0.281 e. The molecule has 1 aromatic heterocycles. The molecule has 1 heterocycles. The van der Waals surface area contributed by atoms with Crippen LogP contribution < -0.4 is 14.5 Å². The van der Waals surface area contributed by atoms with Gasteiger partial charge in [-0.15, -0.1) is 0 Å². The summed E-state index contributed by atoms with van der Waals surface area (Å²) in [5.41, 5.74) is 2.19. The molecule has 0 N–H and O–H groups in total. The quantitative estimate of drug-likeness (QED) is 0.159. The first kappa shape index (κ1) is 22.2. The van der Waals surface area contributed by atoms with Gasteiger partial charge in [-0.1, -0.05) is 23.5 Å². The van der Waals surface area contributed by atoms with E-state index >= 15 is 0 Å². The molecule has 0 saturated carbocycles. The SMILES string of the molecule is CCOc1ccc(/C=N/N(C(=O)c2ccccc2I)c2nc3ccc(OC)cc3s2)cc1. The maximum absolute atomic E-state index is 13.5. The fourth-order valence-electron chi connectivity index (χ4n) is 2.99. The molecule has 6 nitrogen and oxygen atoms in total. The summed E-state index contributed by atoms with van der Waals surface area (Å²) >= 11 is 3.54. The van der Waals surface area contributed by atoms with Crippen LogP contribution in [0.15, 0.2) is 71.8 Å². The minimum Gasteiger partial charge on any atom is -0.497 e. The molecule has 8 heteroatoms. The Labute approximate surface area is 203 Å². The summed E-state index contributed by atoms with van der Waals surface area (Å²) in [6.45, 7) is 2.55. The molecule has 1 amide bonds. The Morgan fingerprint density at radius 2 is 1.88 bits per heavy atom. The lowest BCUT2D eigenvalue weighted by Gasteiger charge is -2.14. The molecule has 162 valence electrons. The largest absolute Gasteiger partial charge is 0.497 e. The lowest BCUT2D eigenvalue weighted by atomic mass is 10.2. The maximum atomic E-state index is 13.5. The van der Waals surface area contributed by atoms with Crippen LogP contribution in [0, 0.1) is 3.57 Å². The molecule has 0 spiro atoms. The van der Waals surface area contributed by atoms with Gasteiger partial charge in [0.15, 0.2) is 0 Å². The van der Waals surface area contributed by atoms with E-state index in [1.807, 2.05) is 67.6 Å². The number of ether oxygens (including phenoxy) is 2. The van der Waals surface area contributed by atoms with E-state index in [1.54, 1.807) is 19.4 Å². The molecule has 4 aromatic rings. The number of amides is 1. The van der Waals surface area contributed by atoms with Crippen molar-refractivity contribution in [3.8, 4) is 11.5 Å². The molecule has 0 saturated heterocycles. The summed E-state index contributed by atoms with van der Waals surface area (Å²) in [7, 11) is 1.62. The number of nitrogens with zero attached hydrogens (tertiary/aromatic N) is 3. The molecule has 3 aromatic carbocycles. The lowest BCUT2D eigenvalue weighted by molar-refractivity contribution is 0.0987. The second-order valence-corrected chi connectivity index (χ2v) is 8.84. The van der Waals surface area contributed by atoms with E-state index in [9.17, 15) is 4.79 Å². The number of anilines is 1. The second kappa shape index (κ2) is 10.1. The number of halogens is 1. The number of carbonyl (C=O) groups excluding carboxylic acids is 1.